The number of hydrogen-bond donors (Lipinski definition) is 0. The van der Waals surface area contributed by atoms with Gasteiger partial charge in [0.05, 0.1) is 11.4 Å². The summed E-state index contributed by atoms with van der Waals surface area (Å²) in [5, 5.41) is 14.7. The zero-order chi connectivity index (χ0) is 19.2. The number of nitrogens with zero attached hydrogens (tertiary/aromatic N) is 3. The Morgan fingerprint density at radius 1 is 1.26 bits per heavy atom. The number of nitriles is 1. The highest BCUT2D eigenvalue weighted by Crippen LogP contribution is 2.66. The van der Waals surface area contributed by atoms with E-state index in [1.54, 1.807) is 0 Å². The number of fused-ring (bicyclic) bond motifs is 5. The Kier molecular flexibility index (Phi) is 3.02. The molecule has 27 heavy (non-hydrogen) atoms. The molecule has 4 unspecified atom stereocenters. The number of ketones is 1. The highest BCUT2D eigenvalue weighted by molar-refractivity contribution is 6.00. The second kappa shape index (κ2) is 4.88. The molecule has 2 fully saturated rings. The number of hydrogen-bond acceptors (Lipinski definition) is 4. The lowest BCUT2D eigenvalue weighted by Crippen LogP contribution is -2.60. The van der Waals surface area contributed by atoms with E-state index in [1.165, 1.54) is 5.56 Å². The minimum absolute atomic E-state index is 0.0624. The van der Waals surface area contributed by atoms with Crippen LogP contribution < -0.4 is 0 Å². The van der Waals surface area contributed by atoms with Crippen LogP contribution in [0.2, 0.25) is 0 Å². The lowest BCUT2D eigenvalue weighted by Gasteiger charge is -2.50. The fourth-order valence-electron chi connectivity index (χ4n) is 6.01. The summed E-state index contributed by atoms with van der Waals surface area (Å²) in [6, 6.07) is 12.5. The van der Waals surface area contributed by atoms with Crippen LogP contribution in [-0.4, -0.2) is 27.3 Å². The van der Waals surface area contributed by atoms with Crippen molar-refractivity contribution in [2.75, 3.05) is 0 Å². The van der Waals surface area contributed by atoms with Gasteiger partial charge in [0.25, 0.3) is 0 Å². The number of rotatable bonds is 1. The molecule has 2 aromatic rings. The second-order valence-corrected chi connectivity index (χ2v) is 8.94. The lowest BCUT2D eigenvalue weighted by atomic mass is 9.49. The fraction of sp³-hybridized carbons (Fsp3) is 0.500. The Labute approximate surface area is 158 Å². The molecule has 4 atom stereocenters. The van der Waals surface area contributed by atoms with Crippen LogP contribution in [0.25, 0.3) is 11.3 Å². The molecule has 5 nitrogen and oxygen atoms in total. The molecule has 1 aliphatic heterocycles. The molecule has 5 rings (SSSR count). The van der Waals surface area contributed by atoms with Crippen LogP contribution in [0.5, 0.6) is 0 Å². The lowest BCUT2D eigenvalue weighted by molar-refractivity contribution is -0.137. The molecule has 3 aliphatic rings. The van der Waals surface area contributed by atoms with Gasteiger partial charge in [0.15, 0.2) is 5.78 Å². The van der Waals surface area contributed by atoms with Crippen LogP contribution in [0.4, 0.5) is 0 Å². The first-order valence-corrected chi connectivity index (χ1v) is 9.54. The molecule has 5 heteroatoms. The molecule has 0 radical (unpaired) electrons. The Hall–Kier alpha value is -2.45. The van der Waals surface area contributed by atoms with Gasteiger partial charge < -0.3 is 4.74 Å². The molecule has 0 spiro atoms. The quantitative estimate of drug-likeness (QED) is 0.732. The van der Waals surface area contributed by atoms with E-state index in [1.807, 2.05) is 43.8 Å². The van der Waals surface area contributed by atoms with Crippen molar-refractivity contribution in [2.24, 2.45) is 18.4 Å². The van der Waals surface area contributed by atoms with Crippen molar-refractivity contribution >= 4 is 5.78 Å². The number of epoxide rings is 1. The van der Waals surface area contributed by atoms with Gasteiger partial charge in [-0.25, -0.2) is 0 Å². The minimum Gasteiger partial charge on any atom is -0.342 e. The van der Waals surface area contributed by atoms with E-state index in [0.717, 1.165) is 29.8 Å². The SMILES string of the molecule is Cn1nc2c(c1-c1ccccc1)CCC1C(C)(C)C(=O)C3(C#N)OC3C21C. The van der Waals surface area contributed by atoms with E-state index >= 15 is 0 Å². The molecular weight excluding hydrogens is 338 g/mol. The number of benzene rings is 1. The summed E-state index contributed by atoms with van der Waals surface area (Å²) in [6.45, 7) is 6.10. The van der Waals surface area contributed by atoms with E-state index < -0.39 is 22.5 Å². The van der Waals surface area contributed by atoms with Crippen molar-refractivity contribution in [3.8, 4) is 17.3 Å². The monoisotopic (exact) mass is 361 g/mol. The molecule has 138 valence electrons. The highest BCUT2D eigenvalue weighted by atomic mass is 16.6. The fourth-order valence-corrected chi connectivity index (χ4v) is 6.01. The van der Waals surface area contributed by atoms with E-state index in [0.29, 0.717) is 0 Å². The average molecular weight is 361 g/mol. The summed E-state index contributed by atoms with van der Waals surface area (Å²) < 4.78 is 7.84. The molecule has 0 amide bonds. The first kappa shape index (κ1) is 16.7. The Morgan fingerprint density at radius 3 is 2.63 bits per heavy atom. The zero-order valence-electron chi connectivity index (χ0n) is 16.1. The van der Waals surface area contributed by atoms with Crippen molar-refractivity contribution in [3.63, 3.8) is 0 Å². The van der Waals surface area contributed by atoms with Gasteiger partial charge in [0.1, 0.15) is 12.2 Å². The third-order valence-corrected chi connectivity index (χ3v) is 7.23. The molecule has 1 aromatic carbocycles. The number of carbonyl (C=O) groups is 1. The van der Waals surface area contributed by atoms with Crippen LogP contribution in [0, 0.1) is 22.7 Å². The molecule has 0 bridgehead atoms. The maximum absolute atomic E-state index is 13.1. The first-order chi connectivity index (χ1) is 12.8. The van der Waals surface area contributed by atoms with Crippen LogP contribution in [0.1, 0.15) is 38.4 Å². The summed E-state index contributed by atoms with van der Waals surface area (Å²) in [7, 11) is 1.98. The van der Waals surface area contributed by atoms with Crippen LogP contribution in [-0.2, 0) is 28.4 Å². The standard InChI is InChI=1S/C22H23N3O2/c1-20(2)15-11-10-14-16(13-8-6-5-7-9-13)25(4)24-17(14)21(15,3)19-22(12-23,27-19)18(20)26/h5-9,15,19H,10-11H2,1-4H3. The largest absolute Gasteiger partial charge is 0.342 e. The normalized spacial score (nSPS) is 35.6. The van der Waals surface area contributed by atoms with Gasteiger partial charge in [-0.05, 0) is 18.8 Å². The third kappa shape index (κ3) is 1.77. The zero-order valence-corrected chi connectivity index (χ0v) is 16.1. The number of carbonyl (C=O) groups excluding carboxylic acids is 1. The first-order valence-electron chi connectivity index (χ1n) is 9.54. The molecule has 1 saturated heterocycles. The Bertz CT molecular complexity index is 1020. The van der Waals surface area contributed by atoms with E-state index in [2.05, 4.69) is 25.1 Å². The average Bonchev–Trinajstić information content (AvgIpc) is 3.32. The van der Waals surface area contributed by atoms with Crippen molar-refractivity contribution < 1.29 is 9.53 Å². The van der Waals surface area contributed by atoms with Gasteiger partial charge in [0.2, 0.25) is 5.60 Å². The topological polar surface area (TPSA) is 71.2 Å². The highest BCUT2D eigenvalue weighted by Gasteiger charge is 2.80. The van der Waals surface area contributed by atoms with Crippen LogP contribution in [0.15, 0.2) is 30.3 Å². The Balaban J connectivity index is 1.73. The summed E-state index contributed by atoms with van der Waals surface area (Å²) in [6.07, 6.45) is 1.38. The second-order valence-electron chi connectivity index (χ2n) is 8.94. The molecule has 2 heterocycles. The minimum atomic E-state index is -1.30. The molecule has 1 aromatic heterocycles. The Morgan fingerprint density at radius 2 is 1.96 bits per heavy atom. The van der Waals surface area contributed by atoms with Crippen molar-refractivity contribution in [2.45, 2.75) is 50.7 Å². The molecular formula is C22H23N3O2. The van der Waals surface area contributed by atoms with Gasteiger partial charge in [-0.3, -0.25) is 9.48 Å². The predicted octanol–water partition coefficient (Wildman–Crippen LogP) is 3.18. The maximum Gasteiger partial charge on any atom is 0.240 e. The van der Waals surface area contributed by atoms with Gasteiger partial charge in [-0.15, -0.1) is 0 Å². The van der Waals surface area contributed by atoms with E-state index in [9.17, 15) is 10.1 Å². The smallest absolute Gasteiger partial charge is 0.240 e. The van der Waals surface area contributed by atoms with E-state index in [-0.39, 0.29) is 11.7 Å². The number of ether oxygens (including phenoxy) is 1. The van der Waals surface area contributed by atoms with Crippen molar-refractivity contribution in [1.82, 2.24) is 9.78 Å². The summed E-state index contributed by atoms with van der Waals surface area (Å²) in [4.78, 5) is 13.1. The van der Waals surface area contributed by atoms with E-state index in [4.69, 9.17) is 9.84 Å². The maximum atomic E-state index is 13.1. The molecule has 1 saturated carbocycles. The van der Waals surface area contributed by atoms with Gasteiger partial charge in [0, 0.05) is 29.0 Å². The summed E-state index contributed by atoms with van der Waals surface area (Å²) >= 11 is 0. The van der Waals surface area contributed by atoms with Crippen LogP contribution in [0.3, 0.4) is 0 Å². The van der Waals surface area contributed by atoms with Gasteiger partial charge in [-0.2, -0.15) is 10.4 Å². The summed E-state index contributed by atoms with van der Waals surface area (Å²) in [5.41, 5.74) is 2.16. The van der Waals surface area contributed by atoms with Gasteiger partial charge in [-0.1, -0.05) is 51.1 Å². The number of Topliss-reactive ketones (excluding diaryl/α,β-unsaturated/α-hetero) is 1. The van der Waals surface area contributed by atoms with Crippen molar-refractivity contribution in [1.29, 1.82) is 5.26 Å². The van der Waals surface area contributed by atoms with Crippen LogP contribution >= 0.6 is 0 Å². The number of aryl methyl sites for hydroxylation is 1. The molecule has 0 N–H and O–H groups in total. The van der Waals surface area contributed by atoms with Crippen molar-refractivity contribution in [3.05, 3.63) is 41.6 Å². The molecule has 2 aliphatic carbocycles. The number of aromatic nitrogens is 2. The third-order valence-electron chi connectivity index (χ3n) is 7.23. The summed E-state index contributed by atoms with van der Waals surface area (Å²) in [5.74, 6) is 0.0464. The van der Waals surface area contributed by atoms with Gasteiger partial charge >= 0.3 is 0 Å². The predicted molar refractivity (Wildman–Crippen MR) is 99.8 cm³/mol.